The SMILES string of the molecule is CCC(C)N(CC(=O)O)C(=O)c1cnc(NC(=O)OCC2c3ccccc3-c3ccccc32)s1. The minimum atomic E-state index is -1.09. The number of benzene rings is 2. The van der Waals surface area contributed by atoms with Crippen molar-refractivity contribution in [2.24, 2.45) is 0 Å². The molecule has 1 aliphatic carbocycles. The first-order valence-electron chi connectivity index (χ1n) is 11.0. The van der Waals surface area contributed by atoms with E-state index in [1.54, 1.807) is 6.92 Å². The lowest BCUT2D eigenvalue weighted by molar-refractivity contribution is -0.138. The van der Waals surface area contributed by atoms with Crippen molar-refractivity contribution in [3.05, 3.63) is 70.7 Å². The molecule has 3 aromatic rings. The molecule has 0 bridgehead atoms. The van der Waals surface area contributed by atoms with Crippen molar-refractivity contribution in [1.82, 2.24) is 9.88 Å². The first-order valence-corrected chi connectivity index (χ1v) is 11.8. The fourth-order valence-corrected chi connectivity index (χ4v) is 4.85. The van der Waals surface area contributed by atoms with Crippen LogP contribution < -0.4 is 5.32 Å². The van der Waals surface area contributed by atoms with Gasteiger partial charge in [0.2, 0.25) is 0 Å². The molecular weight excluding hydrogens is 454 g/mol. The second-order valence-corrected chi connectivity index (χ2v) is 9.09. The molecule has 2 amide bonds. The standard InChI is InChI=1S/C25H25N3O5S/c1-3-15(2)28(13-22(29)30)23(31)21-12-26-24(34-21)27-25(32)33-14-20-18-10-6-4-8-16(18)17-9-5-7-11-19(17)20/h4-12,15,20H,3,13-14H2,1-2H3,(H,29,30)(H,26,27,32). The molecule has 0 radical (unpaired) electrons. The number of carbonyl (C=O) groups excluding carboxylic acids is 2. The van der Waals surface area contributed by atoms with Crippen molar-refractivity contribution in [2.75, 3.05) is 18.5 Å². The van der Waals surface area contributed by atoms with Gasteiger partial charge < -0.3 is 14.7 Å². The Bertz CT molecular complexity index is 1180. The van der Waals surface area contributed by atoms with E-state index in [1.807, 2.05) is 43.3 Å². The quantitative estimate of drug-likeness (QED) is 0.479. The normalized spacial score (nSPS) is 13.0. The molecule has 176 valence electrons. The number of carboxylic acid groups (broad SMARTS) is 1. The zero-order valence-electron chi connectivity index (χ0n) is 18.9. The lowest BCUT2D eigenvalue weighted by Crippen LogP contribution is -2.41. The monoisotopic (exact) mass is 479 g/mol. The second-order valence-electron chi connectivity index (χ2n) is 8.06. The van der Waals surface area contributed by atoms with Crippen LogP contribution in [0.1, 0.15) is 47.0 Å². The third-order valence-electron chi connectivity index (χ3n) is 5.96. The number of aliphatic carboxylic acids is 1. The van der Waals surface area contributed by atoms with E-state index in [0.717, 1.165) is 33.6 Å². The Morgan fingerprint density at radius 2 is 1.74 bits per heavy atom. The Morgan fingerprint density at radius 1 is 1.12 bits per heavy atom. The van der Waals surface area contributed by atoms with Crippen molar-refractivity contribution >= 4 is 34.4 Å². The van der Waals surface area contributed by atoms with Crippen LogP contribution in [0.3, 0.4) is 0 Å². The van der Waals surface area contributed by atoms with Crippen molar-refractivity contribution in [2.45, 2.75) is 32.2 Å². The van der Waals surface area contributed by atoms with Crippen LogP contribution in [0.2, 0.25) is 0 Å². The lowest BCUT2D eigenvalue weighted by atomic mass is 9.98. The van der Waals surface area contributed by atoms with E-state index in [2.05, 4.69) is 22.4 Å². The Morgan fingerprint density at radius 3 is 2.32 bits per heavy atom. The van der Waals surface area contributed by atoms with Gasteiger partial charge in [-0.25, -0.2) is 9.78 Å². The highest BCUT2D eigenvalue weighted by molar-refractivity contribution is 7.17. The number of rotatable bonds is 8. The van der Waals surface area contributed by atoms with Gasteiger partial charge in [-0.2, -0.15) is 0 Å². The average molecular weight is 480 g/mol. The van der Waals surface area contributed by atoms with Gasteiger partial charge in [0.15, 0.2) is 5.13 Å². The maximum absolute atomic E-state index is 12.8. The van der Waals surface area contributed by atoms with Crippen LogP contribution in [0.4, 0.5) is 9.93 Å². The van der Waals surface area contributed by atoms with Crippen molar-refractivity contribution in [1.29, 1.82) is 0 Å². The molecule has 1 heterocycles. The van der Waals surface area contributed by atoms with Gasteiger partial charge in [-0.15, -0.1) is 0 Å². The summed E-state index contributed by atoms with van der Waals surface area (Å²) in [6, 6.07) is 15.9. The minimum absolute atomic E-state index is 0.0632. The number of nitrogens with one attached hydrogen (secondary N) is 1. The van der Waals surface area contributed by atoms with Crippen molar-refractivity contribution < 1.29 is 24.2 Å². The molecule has 1 aromatic heterocycles. The summed E-state index contributed by atoms with van der Waals surface area (Å²) in [6.45, 7) is 3.43. The molecule has 1 atom stereocenters. The molecule has 2 N–H and O–H groups in total. The number of thiazole rings is 1. The smallest absolute Gasteiger partial charge is 0.413 e. The molecule has 0 fully saturated rings. The molecular formula is C25H25N3O5S. The average Bonchev–Trinajstić information content (AvgIpc) is 3.43. The van der Waals surface area contributed by atoms with Gasteiger partial charge in [0.05, 0.1) is 6.20 Å². The molecule has 1 aliphatic rings. The summed E-state index contributed by atoms with van der Waals surface area (Å²) >= 11 is 0.981. The number of amides is 2. The topological polar surface area (TPSA) is 109 Å². The summed E-state index contributed by atoms with van der Waals surface area (Å²) < 4.78 is 5.51. The van der Waals surface area contributed by atoms with Crippen LogP contribution in [0.5, 0.6) is 0 Å². The molecule has 9 heteroatoms. The lowest BCUT2D eigenvalue weighted by Gasteiger charge is -2.26. The van der Waals surface area contributed by atoms with Crippen molar-refractivity contribution in [3.8, 4) is 11.1 Å². The van der Waals surface area contributed by atoms with E-state index < -0.39 is 24.5 Å². The summed E-state index contributed by atoms with van der Waals surface area (Å²) in [5.41, 5.74) is 4.51. The zero-order chi connectivity index (χ0) is 24.2. The molecule has 1 unspecified atom stereocenters. The van der Waals surface area contributed by atoms with Gasteiger partial charge in [0.1, 0.15) is 18.0 Å². The Labute approximate surface area is 201 Å². The Hall–Kier alpha value is -3.72. The van der Waals surface area contributed by atoms with Gasteiger partial charge >= 0.3 is 12.1 Å². The molecule has 0 saturated carbocycles. The van der Waals surface area contributed by atoms with Gasteiger partial charge in [-0.05, 0) is 35.6 Å². The molecule has 0 spiro atoms. The largest absolute Gasteiger partial charge is 0.480 e. The van der Waals surface area contributed by atoms with Crippen molar-refractivity contribution in [3.63, 3.8) is 0 Å². The van der Waals surface area contributed by atoms with Crippen LogP contribution in [-0.2, 0) is 9.53 Å². The molecule has 2 aromatic carbocycles. The third kappa shape index (κ3) is 4.79. The van der Waals surface area contributed by atoms with Crippen LogP contribution >= 0.6 is 11.3 Å². The van der Waals surface area contributed by atoms with E-state index in [1.165, 1.54) is 11.1 Å². The highest BCUT2D eigenvalue weighted by Gasteiger charge is 2.29. The number of hydrogen-bond acceptors (Lipinski definition) is 6. The zero-order valence-corrected chi connectivity index (χ0v) is 19.7. The molecule has 8 nitrogen and oxygen atoms in total. The first-order chi connectivity index (χ1) is 16.4. The maximum atomic E-state index is 12.8. The van der Waals surface area contributed by atoms with Gasteiger partial charge in [-0.3, -0.25) is 14.9 Å². The maximum Gasteiger partial charge on any atom is 0.413 e. The fourth-order valence-electron chi connectivity index (χ4n) is 4.09. The minimum Gasteiger partial charge on any atom is -0.480 e. The second kappa shape index (κ2) is 10.0. The predicted octanol–water partition coefficient (Wildman–Crippen LogP) is 4.83. The Balaban J connectivity index is 1.40. The highest BCUT2D eigenvalue weighted by Crippen LogP contribution is 2.44. The van der Waals surface area contributed by atoms with Crippen LogP contribution in [0.15, 0.2) is 54.7 Å². The van der Waals surface area contributed by atoms with Gasteiger partial charge in [-0.1, -0.05) is 66.8 Å². The summed E-state index contributed by atoms with van der Waals surface area (Å²) in [4.78, 5) is 42.1. The third-order valence-corrected chi connectivity index (χ3v) is 6.86. The van der Waals surface area contributed by atoms with E-state index in [4.69, 9.17) is 9.84 Å². The summed E-state index contributed by atoms with van der Waals surface area (Å²) in [5.74, 6) is -1.59. The van der Waals surface area contributed by atoms with Crippen LogP contribution in [-0.4, -0.2) is 52.2 Å². The predicted molar refractivity (Wildman–Crippen MR) is 129 cm³/mol. The number of nitrogens with zero attached hydrogens (tertiary/aromatic N) is 2. The van der Waals surface area contributed by atoms with Crippen LogP contribution in [0.25, 0.3) is 11.1 Å². The number of carbonyl (C=O) groups is 3. The number of carboxylic acids is 1. The number of anilines is 1. The molecule has 0 aliphatic heterocycles. The van der Waals surface area contributed by atoms with Gasteiger partial charge in [0, 0.05) is 12.0 Å². The number of hydrogen-bond donors (Lipinski definition) is 2. The highest BCUT2D eigenvalue weighted by atomic mass is 32.1. The fraction of sp³-hybridized carbons (Fsp3) is 0.280. The number of aromatic nitrogens is 1. The molecule has 34 heavy (non-hydrogen) atoms. The van der Waals surface area contributed by atoms with Gasteiger partial charge in [0.25, 0.3) is 5.91 Å². The number of fused-ring (bicyclic) bond motifs is 3. The number of ether oxygens (including phenoxy) is 1. The van der Waals surface area contributed by atoms with E-state index in [9.17, 15) is 14.4 Å². The van der Waals surface area contributed by atoms with E-state index >= 15 is 0 Å². The Kier molecular flexibility index (Phi) is 6.93. The van der Waals surface area contributed by atoms with E-state index in [0.29, 0.717) is 6.42 Å². The summed E-state index contributed by atoms with van der Waals surface area (Å²) in [5, 5.41) is 11.9. The van der Waals surface area contributed by atoms with E-state index in [-0.39, 0.29) is 28.6 Å². The molecule has 0 saturated heterocycles. The summed E-state index contributed by atoms with van der Waals surface area (Å²) in [7, 11) is 0. The first kappa shape index (κ1) is 23.4. The summed E-state index contributed by atoms with van der Waals surface area (Å²) in [6.07, 6.45) is 1.28. The molecule has 4 rings (SSSR count). The van der Waals surface area contributed by atoms with Crippen LogP contribution in [0, 0.1) is 0 Å².